The first-order chi connectivity index (χ1) is 12.9. The summed E-state index contributed by atoms with van der Waals surface area (Å²) in [6.07, 6.45) is 6.34. The largest absolute Gasteiger partial charge is 0.337 e. The van der Waals surface area contributed by atoms with Gasteiger partial charge in [-0.15, -0.1) is 10.1 Å². The maximum atomic E-state index is 8.36. The van der Waals surface area contributed by atoms with Crippen molar-refractivity contribution in [2.75, 3.05) is 0 Å². The third-order valence-electron chi connectivity index (χ3n) is 3.79. The van der Waals surface area contributed by atoms with E-state index in [9.17, 15) is 0 Å². The first-order valence-corrected chi connectivity index (χ1v) is 8.97. The molecule has 0 amide bonds. The van der Waals surface area contributed by atoms with Crippen LogP contribution in [0.15, 0.2) is 61.2 Å². The van der Waals surface area contributed by atoms with E-state index in [1.807, 2.05) is 53.2 Å². The van der Waals surface area contributed by atoms with Gasteiger partial charge in [-0.2, -0.15) is 0 Å². The van der Waals surface area contributed by atoms with Crippen molar-refractivity contribution >= 4 is 34.8 Å². The van der Waals surface area contributed by atoms with E-state index in [-0.39, 0.29) is 5.92 Å². The molecule has 0 saturated carbocycles. The molecule has 6 nitrogen and oxygen atoms in total. The maximum Gasteiger partial charge on any atom is 0.291 e. The van der Waals surface area contributed by atoms with Crippen molar-refractivity contribution in [1.82, 2.24) is 9.55 Å². The molecule has 0 bridgehead atoms. The van der Waals surface area contributed by atoms with Crippen LogP contribution in [0.1, 0.15) is 17.0 Å². The van der Waals surface area contributed by atoms with Gasteiger partial charge in [-0.25, -0.2) is 4.98 Å². The minimum Gasteiger partial charge on any atom is -0.337 e. The van der Waals surface area contributed by atoms with Crippen molar-refractivity contribution in [3.8, 4) is 0 Å². The van der Waals surface area contributed by atoms with E-state index in [1.54, 1.807) is 12.5 Å². The summed E-state index contributed by atoms with van der Waals surface area (Å²) < 4.78 is 2.04. The molecule has 3 aromatic rings. The smallest absolute Gasteiger partial charge is 0.291 e. The zero-order chi connectivity index (χ0) is 19.8. The minimum absolute atomic E-state index is 0.145. The summed E-state index contributed by atoms with van der Waals surface area (Å²) in [6, 6.07) is 13.5. The summed E-state index contributed by atoms with van der Waals surface area (Å²) in [7, 11) is 0. The topological polar surface area (TPSA) is 81.2 Å². The molecular formula is C18H16Cl3N3O3. The van der Waals surface area contributed by atoms with Gasteiger partial charge in [-0.3, -0.25) is 0 Å². The van der Waals surface area contributed by atoms with E-state index in [2.05, 4.69) is 4.98 Å². The van der Waals surface area contributed by atoms with Gasteiger partial charge < -0.3 is 9.77 Å². The zero-order valence-corrected chi connectivity index (χ0v) is 16.3. The molecule has 3 rings (SSSR count). The van der Waals surface area contributed by atoms with Crippen LogP contribution in [0.5, 0.6) is 0 Å². The highest BCUT2D eigenvalue weighted by molar-refractivity contribution is 6.36. The SMILES string of the molecule is Clc1ccc(CC(Cn2ccnc2)c2c(Cl)cccc2Cl)cc1.O=[N+]([O-])O. The highest BCUT2D eigenvalue weighted by atomic mass is 35.5. The Labute approximate surface area is 171 Å². The van der Waals surface area contributed by atoms with E-state index in [0.29, 0.717) is 10.0 Å². The van der Waals surface area contributed by atoms with Crippen molar-refractivity contribution in [3.63, 3.8) is 0 Å². The van der Waals surface area contributed by atoms with Gasteiger partial charge in [0, 0.05) is 39.9 Å². The number of aromatic nitrogens is 2. The number of hydrogen-bond acceptors (Lipinski definition) is 3. The minimum atomic E-state index is -1.50. The Balaban J connectivity index is 0.000000596. The molecule has 0 saturated heterocycles. The summed E-state index contributed by atoms with van der Waals surface area (Å²) in [4.78, 5) is 12.5. The Morgan fingerprint density at radius 3 is 2.22 bits per heavy atom. The zero-order valence-electron chi connectivity index (χ0n) is 14.0. The van der Waals surface area contributed by atoms with Crippen LogP contribution in [0.25, 0.3) is 0 Å². The third-order valence-corrected chi connectivity index (χ3v) is 4.70. The van der Waals surface area contributed by atoms with Gasteiger partial charge >= 0.3 is 0 Å². The molecule has 1 aromatic heterocycles. The van der Waals surface area contributed by atoms with E-state index in [4.69, 9.17) is 50.1 Å². The van der Waals surface area contributed by atoms with Gasteiger partial charge in [0.05, 0.1) is 6.33 Å². The molecule has 142 valence electrons. The first-order valence-electron chi connectivity index (χ1n) is 7.84. The van der Waals surface area contributed by atoms with Crippen LogP contribution in [0, 0.1) is 10.1 Å². The number of benzene rings is 2. The molecule has 1 heterocycles. The molecule has 0 radical (unpaired) electrons. The average Bonchev–Trinajstić information content (AvgIpc) is 3.09. The summed E-state index contributed by atoms with van der Waals surface area (Å²) >= 11 is 18.8. The van der Waals surface area contributed by atoms with E-state index in [1.165, 1.54) is 5.56 Å². The second-order valence-corrected chi connectivity index (χ2v) is 6.91. The normalized spacial score (nSPS) is 11.4. The highest BCUT2D eigenvalue weighted by Crippen LogP contribution is 2.34. The van der Waals surface area contributed by atoms with Gasteiger partial charge in [0.15, 0.2) is 0 Å². The van der Waals surface area contributed by atoms with Crippen molar-refractivity contribution in [3.05, 3.63) is 97.5 Å². The predicted octanol–water partition coefficient (Wildman–Crippen LogP) is 5.52. The molecule has 27 heavy (non-hydrogen) atoms. The van der Waals surface area contributed by atoms with Gasteiger partial charge in [0.25, 0.3) is 5.09 Å². The van der Waals surface area contributed by atoms with Crippen LogP contribution in [0.2, 0.25) is 15.1 Å². The van der Waals surface area contributed by atoms with Crippen LogP contribution in [-0.4, -0.2) is 19.8 Å². The number of rotatable bonds is 5. The van der Waals surface area contributed by atoms with Crippen LogP contribution in [-0.2, 0) is 13.0 Å². The number of nitrogens with zero attached hydrogens (tertiary/aromatic N) is 3. The maximum absolute atomic E-state index is 8.36. The van der Waals surface area contributed by atoms with Gasteiger partial charge in [-0.1, -0.05) is 53.0 Å². The lowest BCUT2D eigenvalue weighted by Crippen LogP contribution is -2.12. The lowest BCUT2D eigenvalue weighted by molar-refractivity contribution is -0.742. The van der Waals surface area contributed by atoms with Crippen LogP contribution < -0.4 is 0 Å². The van der Waals surface area contributed by atoms with Crippen molar-refractivity contribution in [2.45, 2.75) is 18.9 Å². The fourth-order valence-corrected chi connectivity index (χ4v) is 3.54. The van der Waals surface area contributed by atoms with E-state index >= 15 is 0 Å². The monoisotopic (exact) mass is 427 g/mol. The second kappa shape index (κ2) is 10.2. The molecule has 2 aromatic carbocycles. The quantitative estimate of drug-likeness (QED) is 0.428. The Morgan fingerprint density at radius 2 is 1.70 bits per heavy atom. The lowest BCUT2D eigenvalue weighted by atomic mass is 9.91. The Kier molecular flexibility index (Phi) is 7.91. The van der Waals surface area contributed by atoms with Gasteiger partial charge in [0.2, 0.25) is 0 Å². The molecule has 0 aliphatic heterocycles. The van der Waals surface area contributed by atoms with Crippen molar-refractivity contribution in [2.24, 2.45) is 0 Å². The third kappa shape index (κ3) is 6.75. The summed E-state index contributed by atoms with van der Waals surface area (Å²) in [5.41, 5.74) is 2.16. The van der Waals surface area contributed by atoms with E-state index in [0.717, 1.165) is 23.6 Å². The Hall–Kier alpha value is -2.28. The van der Waals surface area contributed by atoms with Crippen molar-refractivity contribution < 1.29 is 10.3 Å². The molecule has 9 heteroatoms. The van der Waals surface area contributed by atoms with Crippen LogP contribution >= 0.6 is 34.8 Å². The Morgan fingerprint density at radius 1 is 1.11 bits per heavy atom. The average molecular weight is 429 g/mol. The van der Waals surface area contributed by atoms with Gasteiger partial charge in [0.1, 0.15) is 0 Å². The molecule has 0 aliphatic carbocycles. The van der Waals surface area contributed by atoms with Gasteiger partial charge in [-0.05, 0) is 41.8 Å². The predicted molar refractivity (Wildman–Crippen MR) is 105 cm³/mol. The summed E-state index contributed by atoms with van der Waals surface area (Å²) in [5.74, 6) is 0.145. The first kappa shape index (κ1) is 21.0. The fourth-order valence-electron chi connectivity index (χ4n) is 2.71. The summed E-state index contributed by atoms with van der Waals surface area (Å²) in [6.45, 7) is 0.756. The standard InChI is InChI=1S/C18H15Cl3N2.HNO3/c19-15-6-4-13(5-7-15)10-14(11-23-9-8-22-12-23)18-16(20)2-1-3-17(18)21;2-1(3)4/h1-9,12,14H,10-11H2;(H,2,3,4). The number of halogens is 3. The number of hydrogen-bond donors (Lipinski definition) is 1. The highest BCUT2D eigenvalue weighted by Gasteiger charge is 2.19. The lowest BCUT2D eigenvalue weighted by Gasteiger charge is -2.21. The second-order valence-electron chi connectivity index (χ2n) is 5.66. The van der Waals surface area contributed by atoms with Crippen LogP contribution in [0.4, 0.5) is 0 Å². The van der Waals surface area contributed by atoms with E-state index < -0.39 is 5.09 Å². The molecule has 1 N–H and O–H groups in total. The summed E-state index contributed by atoms with van der Waals surface area (Å²) in [5, 5.41) is 15.8. The Bertz CT molecular complexity index is 847. The molecular weight excluding hydrogens is 413 g/mol. The molecule has 1 atom stereocenters. The molecule has 1 unspecified atom stereocenters. The van der Waals surface area contributed by atoms with Crippen LogP contribution in [0.3, 0.4) is 0 Å². The fraction of sp³-hybridized carbons (Fsp3) is 0.167. The molecule has 0 aliphatic rings. The molecule has 0 spiro atoms. The number of imidazole rings is 1. The van der Waals surface area contributed by atoms with Crippen molar-refractivity contribution in [1.29, 1.82) is 0 Å². The molecule has 0 fully saturated rings.